The Balaban J connectivity index is 2.22. The molecule has 244 valence electrons. The first-order chi connectivity index (χ1) is 18.5. The third-order valence-corrected chi connectivity index (χ3v) is 9.20. The van der Waals surface area contributed by atoms with Crippen LogP contribution in [-0.2, 0) is 18.9 Å². The molecule has 0 saturated heterocycles. The van der Waals surface area contributed by atoms with E-state index in [4.69, 9.17) is 0 Å². The summed E-state index contributed by atoms with van der Waals surface area (Å²) in [6.07, 6.45) is -25.4. The van der Waals surface area contributed by atoms with Crippen LogP contribution in [0.25, 0.3) is 0 Å². The molecule has 0 aliphatic heterocycles. The first-order valence-corrected chi connectivity index (χ1v) is 13.1. The maximum atomic E-state index is 13.9. The van der Waals surface area contributed by atoms with Gasteiger partial charge in [-0.1, -0.05) is 13.8 Å². The second kappa shape index (κ2) is 12.5. The van der Waals surface area contributed by atoms with Gasteiger partial charge in [-0.25, -0.2) is 0 Å². The Kier molecular flexibility index (Phi) is 11.1. The fraction of sp³-hybridized carbons (Fsp3) is 1.00. The van der Waals surface area contributed by atoms with Crippen molar-refractivity contribution in [1.29, 1.82) is 0 Å². The Morgan fingerprint density at radius 3 is 0.854 bits per heavy atom. The maximum absolute atomic E-state index is 13.9. The lowest BCUT2D eigenvalue weighted by atomic mass is 9.57. The predicted molar refractivity (Wildman–Crippen MR) is 120 cm³/mol. The summed E-state index contributed by atoms with van der Waals surface area (Å²) in [4.78, 5) is 0. The Bertz CT molecular complexity index is 724. The monoisotopic (exact) mass is 628 g/mol. The molecule has 0 spiro atoms. The first-order valence-electron chi connectivity index (χ1n) is 13.1. The van der Waals surface area contributed by atoms with E-state index in [0.29, 0.717) is 0 Å². The highest BCUT2D eigenvalue weighted by Gasteiger charge is 2.77. The van der Waals surface area contributed by atoms with Crippen molar-refractivity contribution in [3.05, 3.63) is 0 Å². The van der Waals surface area contributed by atoms with Crippen molar-refractivity contribution in [2.45, 2.75) is 101 Å². The van der Waals surface area contributed by atoms with Gasteiger partial charge in [0.05, 0.1) is 0 Å². The van der Waals surface area contributed by atoms with E-state index < -0.39 is 104 Å². The van der Waals surface area contributed by atoms with Crippen LogP contribution in [0.15, 0.2) is 0 Å². The second-order valence-electron chi connectivity index (χ2n) is 11.5. The molecule has 0 aromatic heterocycles. The molecule has 2 aliphatic carbocycles. The molecule has 16 heteroatoms. The van der Waals surface area contributed by atoms with E-state index in [0.717, 1.165) is 14.2 Å². The molecular weight excluding hydrogens is 592 g/mol. The van der Waals surface area contributed by atoms with Gasteiger partial charge in [0.2, 0.25) is 0 Å². The van der Waals surface area contributed by atoms with Crippen molar-refractivity contribution in [3.8, 4) is 0 Å². The van der Waals surface area contributed by atoms with Gasteiger partial charge in [0.1, 0.15) is 13.6 Å². The van der Waals surface area contributed by atoms with Crippen LogP contribution in [0.5, 0.6) is 0 Å². The summed E-state index contributed by atoms with van der Waals surface area (Å²) in [6, 6.07) is 0. The molecule has 4 nitrogen and oxygen atoms in total. The number of ether oxygens (including phenoxy) is 4. The van der Waals surface area contributed by atoms with Gasteiger partial charge in [0.25, 0.3) is 11.2 Å². The molecule has 0 amide bonds. The zero-order valence-corrected chi connectivity index (χ0v) is 23.0. The van der Waals surface area contributed by atoms with Crippen LogP contribution in [-0.4, -0.2) is 63.7 Å². The number of methoxy groups -OCH3 is 2. The quantitative estimate of drug-likeness (QED) is 0.179. The second-order valence-corrected chi connectivity index (χ2v) is 11.5. The van der Waals surface area contributed by atoms with Crippen LogP contribution in [0.2, 0.25) is 0 Å². The van der Waals surface area contributed by atoms with Crippen molar-refractivity contribution >= 4 is 0 Å². The topological polar surface area (TPSA) is 36.9 Å². The van der Waals surface area contributed by atoms with Crippen molar-refractivity contribution in [3.63, 3.8) is 0 Å². The molecule has 2 rings (SSSR count). The molecule has 2 saturated carbocycles. The highest BCUT2D eigenvalue weighted by molar-refractivity contribution is 5.06. The van der Waals surface area contributed by atoms with Crippen LogP contribution in [0.3, 0.4) is 0 Å². The lowest BCUT2D eigenvalue weighted by Gasteiger charge is -2.51. The summed E-state index contributed by atoms with van der Waals surface area (Å²) in [5, 5.41) is 0. The maximum Gasteiger partial charge on any atom is 0.426 e. The lowest BCUT2D eigenvalue weighted by Crippen LogP contribution is -2.64. The number of hydrogen-bond acceptors (Lipinski definition) is 4. The van der Waals surface area contributed by atoms with Gasteiger partial charge >= 0.3 is 24.7 Å². The summed E-state index contributed by atoms with van der Waals surface area (Å²) in [6.45, 7) is 0.930. The SMILES string of the molecule is COCOC(C1CCC(C(C)(C)C2CCC(C(OCOC)(C(F)(F)F)C(F)(F)F)CC2)CC1)(C(F)(F)F)C(F)(F)F. The molecule has 2 fully saturated rings. The molecule has 0 heterocycles. The fourth-order valence-electron chi connectivity index (χ4n) is 6.94. The normalized spacial score (nSPS) is 26.3. The van der Waals surface area contributed by atoms with Crippen LogP contribution in [0.4, 0.5) is 52.7 Å². The highest BCUT2D eigenvalue weighted by atomic mass is 19.4. The molecule has 0 atom stereocenters. The van der Waals surface area contributed by atoms with E-state index in [1.54, 1.807) is 13.8 Å². The summed E-state index contributed by atoms with van der Waals surface area (Å²) in [5.41, 5.74) is -9.66. The van der Waals surface area contributed by atoms with E-state index in [1.165, 1.54) is 0 Å². The minimum Gasteiger partial charge on any atom is -0.359 e. The average Bonchev–Trinajstić information content (AvgIpc) is 2.82. The fourth-order valence-corrected chi connectivity index (χ4v) is 6.94. The van der Waals surface area contributed by atoms with Gasteiger partial charge in [-0.3, -0.25) is 0 Å². The molecular formula is C25H36F12O4. The van der Waals surface area contributed by atoms with Crippen LogP contribution < -0.4 is 0 Å². The van der Waals surface area contributed by atoms with Crippen molar-refractivity contribution in [2.75, 3.05) is 27.8 Å². The van der Waals surface area contributed by atoms with Gasteiger partial charge in [-0.05, 0) is 68.6 Å². The van der Waals surface area contributed by atoms with Crippen molar-refractivity contribution < 1.29 is 71.6 Å². The van der Waals surface area contributed by atoms with Gasteiger partial charge < -0.3 is 18.9 Å². The number of hydrogen-bond donors (Lipinski definition) is 0. The van der Waals surface area contributed by atoms with Gasteiger partial charge in [-0.2, -0.15) is 52.7 Å². The largest absolute Gasteiger partial charge is 0.426 e. The Labute approximate surface area is 230 Å². The third-order valence-electron chi connectivity index (χ3n) is 9.20. The van der Waals surface area contributed by atoms with E-state index >= 15 is 0 Å². The predicted octanol–water partition coefficient (Wildman–Crippen LogP) is 8.59. The molecule has 0 N–H and O–H groups in total. The van der Waals surface area contributed by atoms with Crippen molar-refractivity contribution in [2.24, 2.45) is 29.1 Å². The molecule has 0 unspecified atom stereocenters. The summed E-state index contributed by atoms with van der Waals surface area (Å²) < 4.78 is 184. The van der Waals surface area contributed by atoms with Gasteiger partial charge in [-0.15, -0.1) is 0 Å². The smallest absolute Gasteiger partial charge is 0.359 e. The standard InChI is InChI=1S/C25H36F12O4/c1-19(2,15-5-9-17(10-6-15)20(22(26,27)28,23(29,30)31)40-13-38-3)16-7-11-18(12-8-16)21(24(32,33)34,25(35,36)37)41-14-39-4/h15-18H,5-14H2,1-4H3. The van der Waals surface area contributed by atoms with E-state index in [-0.39, 0.29) is 25.7 Å². The first kappa shape index (κ1) is 36.2. The number of halogens is 12. The van der Waals surface area contributed by atoms with Gasteiger partial charge in [0.15, 0.2) is 0 Å². The van der Waals surface area contributed by atoms with Crippen molar-refractivity contribution in [1.82, 2.24) is 0 Å². The third kappa shape index (κ3) is 6.74. The molecule has 0 bridgehead atoms. The Morgan fingerprint density at radius 1 is 0.439 bits per heavy atom. The van der Waals surface area contributed by atoms with Crippen LogP contribution >= 0.6 is 0 Å². The zero-order chi connectivity index (χ0) is 31.7. The Morgan fingerprint density at radius 2 is 0.659 bits per heavy atom. The summed E-state index contributed by atoms with van der Waals surface area (Å²) in [5.74, 6) is -4.75. The van der Waals surface area contributed by atoms with Crippen LogP contribution in [0.1, 0.15) is 65.2 Å². The molecule has 0 aromatic rings. The number of rotatable bonds is 10. The number of alkyl halides is 12. The summed E-state index contributed by atoms with van der Waals surface area (Å²) in [7, 11) is 1.78. The molecule has 0 radical (unpaired) electrons. The molecule has 2 aliphatic rings. The average molecular weight is 629 g/mol. The molecule has 0 aromatic carbocycles. The summed E-state index contributed by atoms with van der Waals surface area (Å²) >= 11 is 0. The van der Waals surface area contributed by atoms with Crippen LogP contribution in [0, 0.1) is 29.1 Å². The zero-order valence-electron chi connectivity index (χ0n) is 23.0. The Hall–Kier alpha value is -1.00. The minimum atomic E-state index is -5.79. The van der Waals surface area contributed by atoms with E-state index in [1.807, 2.05) is 0 Å². The molecule has 41 heavy (non-hydrogen) atoms. The van der Waals surface area contributed by atoms with E-state index in [2.05, 4.69) is 18.9 Å². The highest BCUT2D eigenvalue weighted by Crippen LogP contribution is 2.59. The lowest BCUT2D eigenvalue weighted by molar-refractivity contribution is -0.410. The van der Waals surface area contributed by atoms with E-state index in [9.17, 15) is 52.7 Å². The minimum absolute atomic E-state index is 0.0617. The van der Waals surface area contributed by atoms with Gasteiger partial charge in [0, 0.05) is 26.1 Å².